The van der Waals surface area contributed by atoms with Gasteiger partial charge in [-0.15, -0.1) is 11.6 Å². The number of alkyl halides is 2. The summed E-state index contributed by atoms with van der Waals surface area (Å²) in [5.74, 6) is -0.407. The number of sulfonamides is 1. The first-order chi connectivity index (χ1) is 12.8. The van der Waals surface area contributed by atoms with E-state index in [1.165, 1.54) is 0 Å². The zero-order chi connectivity index (χ0) is 19.8. The molecule has 9 heteroatoms. The average Bonchev–Trinajstić information content (AvgIpc) is 3.06. The minimum Gasteiger partial charge on any atom is -0.379 e. The van der Waals surface area contributed by atoms with Gasteiger partial charge < -0.3 is 9.47 Å². The van der Waals surface area contributed by atoms with Crippen LogP contribution < -0.4 is 0 Å². The molecule has 0 aromatic heterocycles. The molecule has 0 spiro atoms. The Labute approximate surface area is 166 Å². The summed E-state index contributed by atoms with van der Waals surface area (Å²) in [4.78, 5) is 0. The van der Waals surface area contributed by atoms with Gasteiger partial charge in [0.05, 0.1) is 24.5 Å². The lowest BCUT2D eigenvalue weighted by Crippen LogP contribution is -2.47. The number of nitrogens with zero attached hydrogens (tertiary/aromatic N) is 2. The number of ether oxygens (including phenoxy) is 2. The molecule has 0 aromatic carbocycles. The number of hydrogen-bond acceptors (Lipinski definition) is 5. The van der Waals surface area contributed by atoms with Crippen molar-refractivity contribution in [3.63, 3.8) is 0 Å². The summed E-state index contributed by atoms with van der Waals surface area (Å²) >= 11 is 6.44. The Kier molecular flexibility index (Phi) is 6.71. The van der Waals surface area contributed by atoms with Crippen molar-refractivity contribution in [2.75, 3.05) is 20.5 Å². The Bertz CT molecular complexity index is 652. The third kappa shape index (κ3) is 4.43. The molecule has 27 heavy (non-hydrogen) atoms. The van der Waals surface area contributed by atoms with Crippen LogP contribution in [0.2, 0.25) is 0 Å². The summed E-state index contributed by atoms with van der Waals surface area (Å²) in [6, 6.07) is -0.533. The molecule has 3 aliphatic rings. The largest absolute Gasteiger partial charge is 0.379 e. The van der Waals surface area contributed by atoms with E-state index in [4.69, 9.17) is 21.1 Å². The van der Waals surface area contributed by atoms with Gasteiger partial charge in [-0.2, -0.15) is 9.52 Å². The summed E-state index contributed by atoms with van der Waals surface area (Å²) in [5, 5.41) is 4.10. The lowest BCUT2D eigenvalue weighted by molar-refractivity contribution is -0.0639. The van der Waals surface area contributed by atoms with E-state index in [2.05, 4.69) is 5.10 Å². The molecule has 3 rings (SSSR count). The van der Waals surface area contributed by atoms with Gasteiger partial charge in [0.1, 0.15) is 6.17 Å². The lowest BCUT2D eigenvalue weighted by Gasteiger charge is -2.37. The molecule has 6 nitrogen and oxygen atoms in total. The molecule has 2 aliphatic carbocycles. The van der Waals surface area contributed by atoms with Crippen LogP contribution in [-0.4, -0.2) is 68.8 Å². The first-order valence-corrected chi connectivity index (χ1v) is 11.9. The highest BCUT2D eigenvalue weighted by Crippen LogP contribution is 2.41. The van der Waals surface area contributed by atoms with Crippen LogP contribution in [0.3, 0.4) is 0 Å². The van der Waals surface area contributed by atoms with Crippen LogP contribution >= 0.6 is 11.6 Å². The number of halogens is 2. The molecule has 7 atom stereocenters. The van der Waals surface area contributed by atoms with Crippen LogP contribution in [-0.2, 0) is 19.5 Å². The van der Waals surface area contributed by atoms with Crippen molar-refractivity contribution in [1.82, 2.24) is 4.41 Å². The number of methoxy groups -OCH3 is 2. The zero-order valence-electron chi connectivity index (χ0n) is 16.2. The number of rotatable bonds is 5. The van der Waals surface area contributed by atoms with E-state index < -0.39 is 28.2 Å². The van der Waals surface area contributed by atoms with Crippen LogP contribution in [0.5, 0.6) is 0 Å². The second kappa shape index (κ2) is 8.51. The van der Waals surface area contributed by atoms with Crippen molar-refractivity contribution in [2.24, 2.45) is 16.9 Å². The van der Waals surface area contributed by atoms with Gasteiger partial charge in [-0.25, -0.2) is 12.8 Å². The van der Waals surface area contributed by atoms with Crippen LogP contribution in [0.25, 0.3) is 0 Å². The molecule has 0 bridgehead atoms. The predicted molar refractivity (Wildman–Crippen MR) is 103 cm³/mol. The SMILES string of the molecule is COC1CCC(C2=NN(S(C)(=O)=O)C(C3C(F)CCCC3Cl)C2)CC1OC. The third-order valence-corrected chi connectivity index (χ3v) is 7.86. The Morgan fingerprint density at radius 1 is 1.15 bits per heavy atom. The highest BCUT2D eigenvalue weighted by atomic mass is 35.5. The molecule has 0 saturated heterocycles. The zero-order valence-corrected chi connectivity index (χ0v) is 17.8. The average molecular weight is 425 g/mol. The quantitative estimate of drug-likeness (QED) is 0.636. The highest BCUT2D eigenvalue weighted by Gasteiger charge is 2.48. The minimum atomic E-state index is -3.59. The lowest BCUT2D eigenvalue weighted by atomic mass is 9.77. The molecule has 2 fully saturated rings. The normalized spacial score (nSPS) is 40.9. The molecule has 0 amide bonds. The van der Waals surface area contributed by atoms with Crippen molar-refractivity contribution < 1.29 is 22.3 Å². The van der Waals surface area contributed by atoms with E-state index in [-0.39, 0.29) is 23.5 Å². The maximum absolute atomic E-state index is 14.7. The Hall–Kier alpha value is -0.440. The van der Waals surface area contributed by atoms with Crippen molar-refractivity contribution in [1.29, 1.82) is 0 Å². The summed E-state index contributed by atoms with van der Waals surface area (Å²) in [7, 11) is -0.251. The molecular weight excluding hydrogens is 395 g/mol. The minimum absolute atomic E-state index is 0.0378. The smallest absolute Gasteiger partial charge is 0.247 e. The van der Waals surface area contributed by atoms with Gasteiger partial charge in [-0.05, 0) is 38.5 Å². The summed E-state index contributed by atoms with van der Waals surface area (Å²) in [6.45, 7) is 0. The van der Waals surface area contributed by atoms with Crippen molar-refractivity contribution in [2.45, 2.75) is 74.7 Å². The van der Waals surface area contributed by atoms with Gasteiger partial charge in [0.25, 0.3) is 0 Å². The first kappa shape index (κ1) is 21.3. The summed E-state index contributed by atoms with van der Waals surface area (Å²) in [6.07, 6.45) is 4.76. The van der Waals surface area contributed by atoms with Crippen LogP contribution in [0, 0.1) is 11.8 Å². The van der Waals surface area contributed by atoms with Crippen LogP contribution in [0.1, 0.15) is 44.9 Å². The van der Waals surface area contributed by atoms with Crippen molar-refractivity contribution >= 4 is 27.3 Å². The molecule has 2 saturated carbocycles. The summed E-state index contributed by atoms with van der Waals surface area (Å²) < 4.78 is 51.6. The topological polar surface area (TPSA) is 68.2 Å². The van der Waals surface area contributed by atoms with E-state index in [1.807, 2.05) is 0 Å². The molecular formula is C18H30ClFN2O4S. The van der Waals surface area contributed by atoms with Crippen molar-refractivity contribution in [3.8, 4) is 0 Å². The second-order valence-electron chi connectivity index (χ2n) is 8.00. The monoisotopic (exact) mass is 424 g/mol. The molecule has 7 unspecified atom stereocenters. The van der Waals surface area contributed by atoms with Gasteiger partial charge in [0.15, 0.2) is 0 Å². The van der Waals surface area contributed by atoms with Crippen molar-refractivity contribution in [3.05, 3.63) is 0 Å². The van der Waals surface area contributed by atoms with E-state index in [9.17, 15) is 12.8 Å². The number of hydrogen-bond donors (Lipinski definition) is 0. The Balaban J connectivity index is 1.82. The van der Waals surface area contributed by atoms with Gasteiger partial charge in [-0.3, -0.25) is 0 Å². The Morgan fingerprint density at radius 3 is 2.44 bits per heavy atom. The fourth-order valence-electron chi connectivity index (χ4n) is 4.91. The van der Waals surface area contributed by atoms with E-state index in [0.717, 1.165) is 42.1 Å². The molecule has 0 aromatic rings. The second-order valence-corrected chi connectivity index (χ2v) is 10.4. The fraction of sp³-hybridized carbons (Fsp3) is 0.944. The molecule has 0 N–H and O–H groups in total. The van der Waals surface area contributed by atoms with Gasteiger partial charge in [-0.1, -0.05) is 0 Å². The van der Waals surface area contributed by atoms with E-state index in [1.54, 1.807) is 14.2 Å². The van der Waals surface area contributed by atoms with Gasteiger partial charge in [0.2, 0.25) is 10.0 Å². The van der Waals surface area contributed by atoms with Crippen LogP contribution in [0.4, 0.5) is 4.39 Å². The van der Waals surface area contributed by atoms with Crippen LogP contribution in [0.15, 0.2) is 5.10 Å². The Morgan fingerprint density at radius 2 is 1.85 bits per heavy atom. The maximum atomic E-state index is 14.7. The highest BCUT2D eigenvalue weighted by molar-refractivity contribution is 7.88. The first-order valence-electron chi connectivity index (χ1n) is 9.66. The third-order valence-electron chi connectivity index (χ3n) is 6.32. The molecule has 1 heterocycles. The maximum Gasteiger partial charge on any atom is 0.247 e. The standard InChI is InChI=1S/C18H30ClFN2O4S/c1-25-16-8-7-11(9-17(16)26-2)14-10-15(22(21-14)27(3,23)24)18-12(19)5-4-6-13(18)20/h11-13,15-18H,4-10H2,1-3H3. The van der Waals surface area contributed by atoms with Gasteiger partial charge >= 0.3 is 0 Å². The van der Waals surface area contributed by atoms with E-state index >= 15 is 0 Å². The van der Waals surface area contributed by atoms with Gasteiger partial charge in [0, 0.05) is 43.6 Å². The predicted octanol–water partition coefficient (Wildman–Crippen LogP) is 2.95. The number of hydrazone groups is 1. The molecule has 0 radical (unpaired) electrons. The van der Waals surface area contributed by atoms with E-state index in [0.29, 0.717) is 19.3 Å². The molecule has 156 valence electrons. The fourth-order valence-corrected chi connectivity index (χ4v) is 6.35. The summed E-state index contributed by atoms with van der Waals surface area (Å²) in [5.41, 5.74) is 0.823. The molecule has 1 aliphatic heterocycles.